The Bertz CT molecular complexity index is 211. The molecular weight excluding hydrogens is 144 g/mol. The highest BCUT2D eigenvalue weighted by atomic mass is 13.8. The van der Waals surface area contributed by atoms with E-state index in [1.54, 1.807) is 0 Å². The summed E-state index contributed by atoms with van der Waals surface area (Å²) >= 11 is 0. The molecule has 12 heavy (non-hydrogen) atoms. The molecule has 1 aliphatic rings. The SMILES string of the molecule is C1=C/C=C/C=C/C/C=C\CC=C1. The standard InChI is InChI=1S/C12H14/c1-2-4-6-8-10-12-11-9-7-5-3-1/h1-8,11-12H,9-10H2/b3-1+,4-2?,7-5+,8-6?,12-11-. The van der Waals surface area contributed by atoms with E-state index < -0.39 is 0 Å². The highest BCUT2D eigenvalue weighted by Gasteiger charge is 1.72. The molecule has 0 unspecified atom stereocenters. The Morgan fingerprint density at radius 1 is 0.417 bits per heavy atom. The van der Waals surface area contributed by atoms with Crippen molar-refractivity contribution in [2.75, 3.05) is 0 Å². The van der Waals surface area contributed by atoms with Gasteiger partial charge in [0.25, 0.3) is 0 Å². The predicted octanol–water partition coefficient (Wildman–Crippen LogP) is 3.56. The minimum Gasteiger partial charge on any atom is -0.0844 e. The van der Waals surface area contributed by atoms with E-state index in [9.17, 15) is 0 Å². The lowest BCUT2D eigenvalue weighted by molar-refractivity contribution is 1.31. The van der Waals surface area contributed by atoms with E-state index in [1.807, 2.05) is 24.3 Å². The Labute approximate surface area is 74.3 Å². The zero-order valence-electron chi connectivity index (χ0n) is 7.19. The minimum atomic E-state index is 1.03. The number of rotatable bonds is 0. The van der Waals surface area contributed by atoms with Gasteiger partial charge in [0.2, 0.25) is 0 Å². The molecule has 0 nitrogen and oxygen atoms in total. The van der Waals surface area contributed by atoms with Crippen molar-refractivity contribution in [2.45, 2.75) is 12.8 Å². The second-order valence-corrected chi connectivity index (χ2v) is 2.57. The van der Waals surface area contributed by atoms with Gasteiger partial charge in [-0.3, -0.25) is 0 Å². The molecule has 0 bridgehead atoms. The zero-order valence-corrected chi connectivity index (χ0v) is 7.19. The van der Waals surface area contributed by atoms with Crippen LogP contribution in [0, 0.1) is 0 Å². The fraction of sp³-hybridized carbons (Fsp3) is 0.167. The van der Waals surface area contributed by atoms with Gasteiger partial charge in [-0.05, 0) is 12.8 Å². The van der Waals surface area contributed by atoms with Crippen molar-refractivity contribution in [3.63, 3.8) is 0 Å². The molecule has 1 rings (SSSR count). The summed E-state index contributed by atoms with van der Waals surface area (Å²) in [5, 5.41) is 0. The number of allylic oxidation sites excluding steroid dienone is 10. The normalized spacial score (nSPS) is 25.3. The molecule has 0 saturated carbocycles. The van der Waals surface area contributed by atoms with Gasteiger partial charge in [-0.25, -0.2) is 0 Å². The Balaban J connectivity index is 2.55. The molecule has 62 valence electrons. The van der Waals surface area contributed by atoms with E-state index >= 15 is 0 Å². The lowest BCUT2D eigenvalue weighted by Gasteiger charge is -1.83. The molecule has 0 aromatic heterocycles. The molecule has 0 saturated heterocycles. The molecule has 0 amide bonds. The first-order valence-electron chi connectivity index (χ1n) is 4.30. The van der Waals surface area contributed by atoms with Crippen molar-refractivity contribution >= 4 is 0 Å². The first kappa shape index (κ1) is 8.79. The smallest absolute Gasteiger partial charge is 0.0166 e. The van der Waals surface area contributed by atoms with Gasteiger partial charge in [0.1, 0.15) is 0 Å². The average Bonchev–Trinajstić information content (AvgIpc) is 2.05. The summed E-state index contributed by atoms with van der Waals surface area (Å²) in [6, 6.07) is 0. The number of hydrogen-bond donors (Lipinski definition) is 0. The van der Waals surface area contributed by atoms with Crippen molar-refractivity contribution in [1.82, 2.24) is 0 Å². The topological polar surface area (TPSA) is 0 Å². The monoisotopic (exact) mass is 158 g/mol. The highest BCUT2D eigenvalue weighted by Crippen LogP contribution is 1.93. The van der Waals surface area contributed by atoms with E-state index in [0.717, 1.165) is 12.8 Å². The average molecular weight is 158 g/mol. The Kier molecular flexibility index (Phi) is 4.70. The van der Waals surface area contributed by atoms with Crippen molar-refractivity contribution in [3.05, 3.63) is 60.8 Å². The Hall–Kier alpha value is -1.30. The Morgan fingerprint density at radius 2 is 0.833 bits per heavy atom. The third-order valence-electron chi connectivity index (χ3n) is 1.54. The van der Waals surface area contributed by atoms with Crippen LogP contribution in [0.25, 0.3) is 0 Å². The summed E-state index contributed by atoms with van der Waals surface area (Å²) in [7, 11) is 0. The van der Waals surface area contributed by atoms with Gasteiger partial charge < -0.3 is 0 Å². The largest absolute Gasteiger partial charge is 0.0844 e. The van der Waals surface area contributed by atoms with Gasteiger partial charge in [0.15, 0.2) is 0 Å². The van der Waals surface area contributed by atoms with Gasteiger partial charge in [0.05, 0.1) is 0 Å². The zero-order chi connectivity index (χ0) is 8.49. The van der Waals surface area contributed by atoms with E-state index in [2.05, 4.69) is 36.5 Å². The van der Waals surface area contributed by atoms with Crippen molar-refractivity contribution in [2.24, 2.45) is 0 Å². The summed E-state index contributed by atoms with van der Waals surface area (Å²) in [6.07, 6.45) is 23.0. The van der Waals surface area contributed by atoms with Crippen molar-refractivity contribution in [1.29, 1.82) is 0 Å². The number of hydrogen-bond acceptors (Lipinski definition) is 0. The third kappa shape index (κ3) is 4.51. The van der Waals surface area contributed by atoms with Crippen LogP contribution in [0.5, 0.6) is 0 Å². The van der Waals surface area contributed by atoms with E-state index in [0.29, 0.717) is 0 Å². The minimum absolute atomic E-state index is 1.03. The molecule has 0 aromatic carbocycles. The lowest BCUT2D eigenvalue weighted by Crippen LogP contribution is -1.62. The molecule has 0 aromatic rings. The summed E-state index contributed by atoms with van der Waals surface area (Å²) in [5.74, 6) is 0. The molecule has 0 heterocycles. The van der Waals surface area contributed by atoms with Crippen LogP contribution in [-0.4, -0.2) is 0 Å². The van der Waals surface area contributed by atoms with E-state index in [-0.39, 0.29) is 0 Å². The molecule has 0 atom stereocenters. The highest BCUT2D eigenvalue weighted by molar-refractivity contribution is 5.16. The molecule has 1 aliphatic carbocycles. The quantitative estimate of drug-likeness (QED) is 0.473. The van der Waals surface area contributed by atoms with Crippen LogP contribution in [0.2, 0.25) is 0 Å². The first-order chi connectivity index (χ1) is 6.00. The molecule has 0 fully saturated rings. The molecule has 0 N–H and O–H groups in total. The van der Waals surface area contributed by atoms with Gasteiger partial charge in [0, 0.05) is 0 Å². The van der Waals surface area contributed by atoms with Gasteiger partial charge >= 0.3 is 0 Å². The van der Waals surface area contributed by atoms with E-state index in [1.165, 1.54) is 0 Å². The summed E-state index contributed by atoms with van der Waals surface area (Å²) in [4.78, 5) is 0. The van der Waals surface area contributed by atoms with Gasteiger partial charge in [-0.15, -0.1) is 0 Å². The van der Waals surface area contributed by atoms with Crippen molar-refractivity contribution in [3.8, 4) is 0 Å². The fourth-order valence-corrected chi connectivity index (χ4v) is 0.920. The second-order valence-electron chi connectivity index (χ2n) is 2.57. The second kappa shape index (κ2) is 6.41. The predicted molar refractivity (Wildman–Crippen MR) is 54.9 cm³/mol. The third-order valence-corrected chi connectivity index (χ3v) is 1.54. The summed E-state index contributed by atoms with van der Waals surface area (Å²) in [6.45, 7) is 0. The maximum atomic E-state index is 2.18. The van der Waals surface area contributed by atoms with Crippen LogP contribution in [0.3, 0.4) is 0 Å². The molecule has 0 aliphatic heterocycles. The lowest BCUT2D eigenvalue weighted by atomic mass is 10.2. The van der Waals surface area contributed by atoms with Crippen LogP contribution >= 0.6 is 0 Å². The molecule has 0 heteroatoms. The maximum absolute atomic E-state index is 2.18. The summed E-state index contributed by atoms with van der Waals surface area (Å²) in [5.41, 5.74) is 0. The maximum Gasteiger partial charge on any atom is -0.0166 e. The van der Waals surface area contributed by atoms with Crippen molar-refractivity contribution < 1.29 is 0 Å². The first-order valence-corrected chi connectivity index (χ1v) is 4.30. The van der Waals surface area contributed by atoms with E-state index in [4.69, 9.17) is 0 Å². The molecular formula is C12H14. The van der Waals surface area contributed by atoms with Gasteiger partial charge in [-0.1, -0.05) is 60.8 Å². The van der Waals surface area contributed by atoms with Crippen LogP contribution in [0.1, 0.15) is 12.8 Å². The van der Waals surface area contributed by atoms with Gasteiger partial charge in [-0.2, -0.15) is 0 Å². The molecule has 0 spiro atoms. The van der Waals surface area contributed by atoms with Crippen LogP contribution in [-0.2, 0) is 0 Å². The molecule has 0 radical (unpaired) electrons. The summed E-state index contributed by atoms with van der Waals surface area (Å²) < 4.78 is 0. The Morgan fingerprint density at radius 3 is 1.33 bits per heavy atom. The van der Waals surface area contributed by atoms with Crippen LogP contribution < -0.4 is 0 Å². The van der Waals surface area contributed by atoms with Crippen LogP contribution in [0.4, 0.5) is 0 Å². The van der Waals surface area contributed by atoms with Crippen LogP contribution in [0.15, 0.2) is 60.8 Å². The fourth-order valence-electron chi connectivity index (χ4n) is 0.920.